The lowest BCUT2D eigenvalue weighted by molar-refractivity contribution is -0.126. The molecule has 1 fully saturated rings. The fourth-order valence-corrected chi connectivity index (χ4v) is 2.44. The van der Waals surface area contributed by atoms with Crippen molar-refractivity contribution in [3.05, 3.63) is 29.8 Å². The van der Waals surface area contributed by atoms with Crippen molar-refractivity contribution >= 4 is 17.4 Å². The predicted molar refractivity (Wildman–Crippen MR) is 83.6 cm³/mol. The molecule has 0 aliphatic carbocycles. The number of rotatable bonds is 4. The Hall–Kier alpha value is -1.72. The van der Waals surface area contributed by atoms with Gasteiger partial charge in [-0.25, -0.2) is 0 Å². The molecule has 2 rings (SSSR count). The first kappa shape index (κ1) is 15.7. The van der Waals surface area contributed by atoms with E-state index in [9.17, 15) is 9.59 Å². The molecule has 1 aromatic carbocycles. The van der Waals surface area contributed by atoms with Gasteiger partial charge in [-0.05, 0) is 45.0 Å². The van der Waals surface area contributed by atoms with Crippen molar-refractivity contribution in [2.45, 2.75) is 26.3 Å². The summed E-state index contributed by atoms with van der Waals surface area (Å²) in [6.07, 6.45) is 0. The predicted octanol–water partition coefficient (Wildman–Crippen LogP) is 1.51. The number of carbonyl (C=O) groups is 2. The molecule has 1 saturated heterocycles. The van der Waals surface area contributed by atoms with Crippen LogP contribution in [0.3, 0.4) is 0 Å². The van der Waals surface area contributed by atoms with Crippen LogP contribution in [0.15, 0.2) is 24.3 Å². The first-order chi connectivity index (χ1) is 9.91. The molecule has 1 heterocycles. The smallest absolute Gasteiger partial charge is 0.244 e. The van der Waals surface area contributed by atoms with Crippen LogP contribution in [-0.4, -0.2) is 48.3 Å². The van der Waals surface area contributed by atoms with Crippen LogP contribution in [0.25, 0.3) is 0 Å². The zero-order valence-electron chi connectivity index (χ0n) is 12.9. The molecular weight excluding hydrogens is 266 g/mol. The van der Waals surface area contributed by atoms with E-state index in [4.69, 9.17) is 0 Å². The number of anilines is 1. The van der Waals surface area contributed by atoms with Crippen LogP contribution in [0.5, 0.6) is 0 Å². The van der Waals surface area contributed by atoms with Crippen molar-refractivity contribution in [2.24, 2.45) is 0 Å². The maximum Gasteiger partial charge on any atom is 0.244 e. The molecule has 0 radical (unpaired) electrons. The number of hydrogen-bond acceptors (Lipinski definition) is 4. The number of nitrogens with one attached hydrogen (secondary N) is 2. The van der Waals surface area contributed by atoms with Gasteiger partial charge in [-0.15, -0.1) is 0 Å². The maximum atomic E-state index is 12.5. The Bertz CT molecular complexity index is 517. The Morgan fingerprint density at radius 3 is 2.24 bits per heavy atom. The lowest BCUT2D eigenvalue weighted by Gasteiger charge is -2.39. The number of carbonyl (C=O) groups excluding carboxylic acids is 2. The van der Waals surface area contributed by atoms with Gasteiger partial charge in [0.1, 0.15) is 0 Å². The third-order valence-electron chi connectivity index (χ3n) is 4.01. The van der Waals surface area contributed by atoms with E-state index in [1.807, 2.05) is 13.8 Å². The Labute approximate surface area is 125 Å². The van der Waals surface area contributed by atoms with Crippen LogP contribution in [0.2, 0.25) is 0 Å². The van der Waals surface area contributed by atoms with Crippen LogP contribution in [0, 0.1) is 0 Å². The number of Topliss-reactive ketones (excluding diaryl/α,β-unsaturated/α-hetero) is 1. The monoisotopic (exact) mass is 289 g/mol. The number of piperazine rings is 1. The minimum Gasteiger partial charge on any atom is -0.324 e. The molecular formula is C16H23N3O2. The highest BCUT2D eigenvalue weighted by molar-refractivity contribution is 5.98. The minimum absolute atomic E-state index is 0.0222. The number of benzene rings is 1. The minimum atomic E-state index is -0.554. The lowest BCUT2D eigenvalue weighted by Crippen LogP contribution is -2.58. The summed E-state index contributed by atoms with van der Waals surface area (Å²) in [6, 6.07) is 7.00. The van der Waals surface area contributed by atoms with Crippen LogP contribution < -0.4 is 10.6 Å². The molecule has 0 bridgehead atoms. The summed E-state index contributed by atoms with van der Waals surface area (Å²) in [7, 11) is 0. The fourth-order valence-electron chi connectivity index (χ4n) is 2.44. The zero-order valence-corrected chi connectivity index (χ0v) is 12.9. The molecule has 0 spiro atoms. The summed E-state index contributed by atoms with van der Waals surface area (Å²) >= 11 is 0. The van der Waals surface area contributed by atoms with Gasteiger partial charge in [0.15, 0.2) is 5.78 Å². The number of hydrogen-bond donors (Lipinski definition) is 2. The summed E-state index contributed by atoms with van der Waals surface area (Å²) in [5.41, 5.74) is 0.809. The van der Waals surface area contributed by atoms with E-state index < -0.39 is 5.54 Å². The average Bonchev–Trinajstić information content (AvgIpc) is 2.48. The van der Waals surface area contributed by atoms with Gasteiger partial charge >= 0.3 is 0 Å². The Balaban J connectivity index is 2.03. The van der Waals surface area contributed by atoms with E-state index in [-0.39, 0.29) is 11.7 Å². The van der Waals surface area contributed by atoms with Crippen molar-refractivity contribution < 1.29 is 9.59 Å². The second kappa shape index (κ2) is 6.37. The second-order valence-electron chi connectivity index (χ2n) is 5.88. The quantitative estimate of drug-likeness (QED) is 0.825. The number of nitrogens with zero attached hydrogens (tertiary/aromatic N) is 1. The molecule has 0 aromatic heterocycles. The van der Waals surface area contributed by atoms with Crippen LogP contribution in [0.1, 0.15) is 31.1 Å². The topological polar surface area (TPSA) is 61.4 Å². The van der Waals surface area contributed by atoms with Crippen LogP contribution in [0.4, 0.5) is 5.69 Å². The Morgan fingerprint density at radius 2 is 1.71 bits per heavy atom. The molecule has 5 heteroatoms. The number of ketones is 1. The largest absolute Gasteiger partial charge is 0.324 e. The van der Waals surface area contributed by atoms with Crippen LogP contribution >= 0.6 is 0 Å². The van der Waals surface area contributed by atoms with Crippen molar-refractivity contribution in [2.75, 3.05) is 31.5 Å². The summed E-state index contributed by atoms with van der Waals surface area (Å²) in [5, 5.41) is 6.22. The van der Waals surface area contributed by atoms with Gasteiger partial charge in [0.25, 0.3) is 0 Å². The molecule has 5 nitrogen and oxygen atoms in total. The lowest BCUT2D eigenvalue weighted by atomic mass is 10.00. The Kier molecular flexibility index (Phi) is 4.75. The number of amides is 1. The molecule has 1 amide bonds. The van der Waals surface area contributed by atoms with Gasteiger partial charge in [-0.1, -0.05) is 0 Å². The van der Waals surface area contributed by atoms with Crippen molar-refractivity contribution in [3.8, 4) is 0 Å². The maximum absolute atomic E-state index is 12.5. The highest BCUT2D eigenvalue weighted by atomic mass is 16.2. The third kappa shape index (κ3) is 3.68. The molecule has 2 N–H and O–H groups in total. The zero-order chi connectivity index (χ0) is 15.5. The van der Waals surface area contributed by atoms with Gasteiger partial charge in [0, 0.05) is 37.4 Å². The molecule has 0 saturated carbocycles. The molecule has 114 valence electrons. The van der Waals surface area contributed by atoms with Gasteiger partial charge in [0.05, 0.1) is 5.54 Å². The molecule has 0 unspecified atom stereocenters. The average molecular weight is 289 g/mol. The first-order valence-electron chi connectivity index (χ1n) is 7.29. The summed E-state index contributed by atoms with van der Waals surface area (Å²) in [4.78, 5) is 25.9. The molecule has 1 aliphatic heterocycles. The van der Waals surface area contributed by atoms with E-state index >= 15 is 0 Å². The van der Waals surface area contributed by atoms with E-state index in [1.54, 1.807) is 24.3 Å². The highest BCUT2D eigenvalue weighted by Gasteiger charge is 2.35. The van der Waals surface area contributed by atoms with Gasteiger partial charge in [-0.2, -0.15) is 0 Å². The van der Waals surface area contributed by atoms with Crippen molar-refractivity contribution in [3.63, 3.8) is 0 Å². The highest BCUT2D eigenvalue weighted by Crippen LogP contribution is 2.19. The summed E-state index contributed by atoms with van der Waals surface area (Å²) < 4.78 is 0. The Morgan fingerprint density at radius 1 is 1.14 bits per heavy atom. The standard InChI is InChI=1S/C16H23N3O2/c1-12(20)13-4-6-14(7-5-13)18-15(21)16(2,3)19-10-8-17-9-11-19/h4-7,17H,8-11H2,1-3H3,(H,18,21). The summed E-state index contributed by atoms with van der Waals surface area (Å²) in [5.74, 6) is -0.00556. The molecule has 21 heavy (non-hydrogen) atoms. The SMILES string of the molecule is CC(=O)c1ccc(NC(=O)C(C)(C)N2CCNCC2)cc1. The summed E-state index contributed by atoms with van der Waals surface area (Å²) in [6.45, 7) is 8.96. The van der Waals surface area contributed by atoms with Crippen molar-refractivity contribution in [1.29, 1.82) is 0 Å². The van der Waals surface area contributed by atoms with Gasteiger partial charge in [0.2, 0.25) is 5.91 Å². The van der Waals surface area contributed by atoms with E-state index in [0.717, 1.165) is 26.2 Å². The van der Waals surface area contributed by atoms with Crippen LogP contribution in [-0.2, 0) is 4.79 Å². The molecule has 0 atom stereocenters. The van der Waals surface area contributed by atoms with E-state index in [1.165, 1.54) is 6.92 Å². The third-order valence-corrected chi connectivity index (χ3v) is 4.01. The second-order valence-corrected chi connectivity index (χ2v) is 5.88. The van der Waals surface area contributed by atoms with E-state index in [0.29, 0.717) is 11.3 Å². The van der Waals surface area contributed by atoms with Gasteiger partial charge < -0.3 is 10.6 Å². The normalized spacial score (nSPS) is 16.5. The van der Waals surface area contributed by atoms with Gasteiger partial charge in [-0.3, -0.25) is 14.5 Å². The molecule has 1 aromatic rings. The fraction of sp³-hybridized carbons (Fsp3) is 0.500. The van der Waals surface area contributed by atoms with Crippen molar-refractivity contribution in [1.82, 2.24) is 10.2 Å². The van der Waals surface area contributed by atoms with E-state index in [2.05, 4.69) is 15.5 Å². The molecule has 1 aliphatic rings. The first-order valence-corrected chi connectivity index (χ1v) is 7.29.